The number of rotatable bonds is 5. The van der Waals surface area contributed by atoms with E-state index in [4.69, 9.17) is 9.47 Å². The Bertz CT molecular complexity index is 490. The summed E-state index contributed by atoms with van der Waals surface area (Å²) in [5, 5.41) is 0. The molecule has 0 heterocycles. The summed E-state index contributed by atoms with van der Waals surface area (Å²) >= 11 is 0. The zero-order chi connectivity index (χ0) is 13.7. The van der Waals surface area contributed by atoms with Crippen molar-refractivity contribution in [3.05, 3.63) is 65.7 Å². The number of hydrogen-bond acceptors (Lipinski definition) is 2. The second kappa shape index (κ2) is 6.39. The van der Waals surface area contributed by atoms with Gasteiger partial charge in [-0.05, 0) is 37.1 Å². The molecule has 0 saturated carbocycles. The van der Waals surface area contributed by atoms with Crippen molar-refractivity contribution in [3.63, 3.8) is 0 Å². The molecule has 0 aliphatic rings. The van der Waals surface area contributed by atoms with Gasteiger partial charge in [0.15, 0.2) is 0 Å². The summed E-state index contributed by atoms with van der Waals surface area (Å²) in [5.41, 5.74) is 2.35. The Kier molecular flexibility index (Phi) is 4.58. The van der Waals surface area contributed by atoms with Crippen molar-refractivity contribution in [2.45, 2.75) is 26.1 Å². The largest absolute Gasteiger partial charge is 0.497 e. The Morgan fingerprint density at radius 2 is 1.26 bits per heavy atom. The van der Waals surface area contributed by atoms with Crippen LogP contribution in [-0.2, 0) is 4.74 Å². The lowest BCUT2D eigenvalue weighted by Crippen LogP contribution is -2.05. The van der Waals surface area contributed by atoms with Gasteiger partial charge in [0.2, 0.25) is 0 Å². The first-order valence-corrected chi connectivity index (χ1v) is 6.55. The van der Waals surface area contributed by atoms with Crippen molar-refractivity contribution in [1.82, 2.24) is 0 Å². The fourth-order valence-electron chi connectivity index (χ4n) is 2.06. The minimum Gasteiger partial charge on any atom is -0.497 e. The molecule has 0 spiro atoms. The minimum atomic E-state index is 0.0566. The Labute approximate surface area is 115 Å². The fraction of sp³-hybridized carbons (Fsp3) is 0.294. The van der Waals surface area contributed by atoms with E-state index in [2.05, 4.69) is 26.0 Å². The molecular formula is C17H20O2. The van der Waals surface area contributed by atoms with Gasteiger partial charge in [0, 0.05) is 0 Å². The maximum Gasteiger partial charge on any atom is 0.118 e. The van der Waals surface area contributed by atoms with Crippen LogP contribution < -0.4 is 4.74 Å². The number of benzene rings is 2. The van der Waals surface area contributed by atoms with E-state index < -0.39 is 0 Å². The van der Waals surface area contributed by atoms with Gasteiger partial charge in [-0.2, -0.15) is 0 Å². The number of methoxy groups -OCH3 is 1. The molecule has 100 valence electrons. The van der Waals surface area contributed by atoms with Gasteiger partial charge in [0.1, 0.15) is 5.75 Å². The normalized spacial score (nSPS) is 13.8. The second-order valence-electron chi connectivity index (χ2n) is 4.60. The molecule has 2 aromatic rings. The molecule has 0 saturated heterocycles. The van der Waals surface area contributed by atoms with Gasteiger partial charge in [0.25, 0.3) is 0 Å². The first kappa shape index (κ1) is 13.6. The molecule has 2 unspecified atom stereocenters. The molecule has 2 nitrogen and oxygen atoms in total. The molecule has 0 bridgehead atoms. The van der Waals surface area contributed by atoms with Gasteiger partial charge in [-0.15, -0.1) is 0 Å². The lowest BCUT2D eigenvalue weighted by molar-refractivity contribution is 0.00585. The molecule has 0 aromatic heterocycles. The van der Waals surface area contributed by atoms with Crippen molar-refractivity contribution in [2.24, 2.45) is 0 Å². The maximum absolute atomic E-state index is 6.06. The highest BCUT2D eigenvalue weighted by Crippen LogP contribution is 2.27. The molecule has 2 atom stereocenters. The van der Waals surface area contributed by atoms with E-state index in [1.165, 1.54) is 5.56 Å². The van der Waals surface area contributed by atoms with Crippen molar-refractivity contribution in [1.29, 1.82) is 0 Å². The Hall–Kier alpha value is -1.80. The molecular weight excluding hydrogens is 236 g/mol. The molecule has 0 radical (unpaired) electrons. The number of hydrogen-bond donors (Lipinski definition) is 0. The van der Waals surface area contributed by atoms with Gasteiger partial charge < -0.3 is 9.47 Å². The predicted molar refractivity (Wildman–Crippen MR) is 77.4 cm³/mol. The molecule has 0 aliphatic carbocycles. The lowest BCUT2D eigenvalue weighted by Gasteiger charge is -2.20. The third-order valence-corrected chi connectivity index (χ3v) is 3.26. The van der Waals surface area contributed by atoms with Gasteiger partial charge in [0.05, 0.1) is 19.3 Å². The highest BCUT2D eigenvalue weighted by atomic mass is 16.5. The van der Waals surface area contributed by atoms with Crippen molar-refractivity contribution < 1.29 is 9.47 Å². The summed E-state index contributed by atoms with van der Waals surface area (Å²) in [4.78, 5) is 0. The standard InChI is InChI=1S/C17H20O2/c1-13(15-7-5-4-6-8-15)19-14(2)16-9-11-17(18-3)12-10-16/h4-14H,1-3H3. The SMILES string of the molecule is COc1ccc(C(C)OC(C)c2ccccc2)cc1. The van der Waals surface area contributed by atoms with Crippen molar-refractivity contribution in [3.8, 4) is 5.75 Å². The fourth-order valence-corrected chi connectivity index (χ4v) is 2.06. The smallest absolute Gasteiger partial charge is 0.118 e. The van der Waals surface area contributed by atoms with E-state index in [0.29, 0.717) is 0 Å². The summed E-state index contributed by atoms with van der Waals surface area (Å²) in [5.74, 6) is 0.868. The zero-order valence-corrected chi connectivity index (χ0v) is 11.7. The van der Waals surface area contributed by atoms with Crippen LogP contribution in [-0.4, -0.2) is 7.11 Å². The van der Waals surface area contributed by atoms with Crippen LogP contribution >= 0.6 is 0 Å². The summed E-state index contributed by atoms with van der Waals surface area (Å²) < 4.78 is 11.2. The molecule has 19 heavy (non-hydrogen) atoms. The first-order valence-electron chi connectivity index (χ1n) is 6.55. The van der Waals surface area contributed by atoms with Crippen LogP contribution in [0.3, 0.4) is 0 Å². The third-order valence-electron chi connectivity index (χ3n) is 3.26. The van der Waals surface area contributed by atoms with Gasteiger partial charge >= 0.3 is 0 Å². The van der Waals surface area contributed by atoms with Gasteiger partial charge in [-0.25, -0.2) is 0 Å². The summed E-state index contributed by atoms with van der Waals surface area (Å²) in [6.45, 7) is 4.15. The van der Waals surface area contributed by atoms with Crippen LogP contribution in [0.1, 0.15) is 37.2 Å². The second-order valence-corrected chi connectivity index (χ2v) is 4.60. The molecule has 0 aliphatic heterocycles. The van der Waals surface area contributed by atoms with Crippen molar-refractivity contribution >= 4 is 0 Å². The average molecular weight is 256 g/mol. The minimum absolute atomic E-state index is 0.0566. The highest BCUT2D eigenvalue weighted by molar-refractivity contribution is 5.28. The molecule has 0 N–H and O–H groups in total. The van der Waals surface area contributed by atoms with Crippen LogP contribution in [0, 0.1) is 0 Å². The van der Waals surface area contributed by atoms with Crippen LogP contribution in [0.5, 0.6) is 5.75 Å². The van der Waals surface area contributed by atoms with E-state index in [9.17, 15) is 0 Å². The molecule has 2 heteroatoms. The van der Waals surface area contributed by atoms with Crippen LogP contribution in [0.2, 0.25) is 0 Å². The van der Waals surface area contributed by atoms with E-state index in [-0.39, 0.29) is 12.2 Å². The number of ether oxygens (including phenoxy) is 2. The van der Waals surface area contributed by atoms with Gasteiger partial charge in [-0.1, -0.05) is 42.5 Å². The quantitative estimate of drug-likeness (QED) is 0.782. The van der Waals surface area contributed by atoms with E-state index in [0.717, 1.165) is 11.3 Å². The van der Waals surface area contributed by atoms with E-state index >= 15 is 0 Å². The first-order chi connectivity index (χ1) is 9.20. The summed E-state index contributed by atoms with van der Waals surface area (Å²) in [7, 11) is 1.67. The lowest BCUT2D eigenvalue weighted by atomic mass is 10.1. The topological polar surface area (TPSA) is 18.5 Å². The van der Waals surface area contributed by atoms with Crippen LogP contribution in [0.4, 0.5) is 0 Å². The Morgan fingerprint density at radius 3 is 1.79 bits per heavy atom. The van der Waals surface area contributed by atoms with E-state index in [1.807, 2.05) is 42.5 Å². The van der Waals surface area contributed by atoms with Gasteiger partial charge in [-0.3, -0.25) is 0 Å². The predicted octanol–water partition coefficient (Wildman–Crippen LogP) is 4.53. The third kappa shape index (κ3) is 3.58. The van der Waals surface area contributed by atoms with Crippen molar-refractivity contribution in [2.75, 3.05) is 7.11 Å². The Morgan fingerprint density at radius 1 is 0.737 bits per heavy atom. The molecule has 0 amide bonds. The molecule has 0 fully saturated rings. The molecule has 2 aromatic carbocycles. The summed E-state index contributed by atoms with van der Waals surface area (Å²) in [6, 6.07) is 18.3. The Balaban J connectivity index is 2.02. The van der Waals surface area contributed by atoms with Crippen LogP contribution in [0.15, 0.2) is 54.6 Å². The maximum atomic E-state index is 6.06. The zero-order valence-electron chi connectivity index (χ0n) is 11.7. The van der Waals surface area contributed by atoms with Crippen LogP contribution in [0.25, 0.3) is 0 Å². The van der Waals surface area contributed by atoms with E-state index in [1.54, 1.807) is 7.11 Å². The monoisotopic (exact) mass is 256 g/mol. The summed E-state index contributed by atoms with van der Waals surface area (Å²) in [6.07, 6.45) is 0.138. The molecule has 2 rings (SSSR count). The average Bonchev–Trinajstić information content (AvgIpc) is 2.48. The highest BCUT2D eigenvalue weighted by Gasteiger charge is 2.12.